The maximum atomic E-state index is 13.1. The van der Waals surface area contributed by atoms with Gasteiger partial charge in [-0.05, 0) is 60.2 Å². The SMILES string of the molecule is O=C(O)C1CCc2[nH]c3ccc(-c4ccc(F)cc4)cc3c2C1. The van der Waals surface area contributed by atoms with Gasteiger partial charge in [-0.2, -0.15) is 0 Å². The molecular weight excluding hydrogens is 293 g/mol. The summed E-state index contributed by atoms with van der Waals surface area (Å²) in [6, 6.07) is 12.5. The standard InChI is InChI=1S/C19H16FNO2/c20-14-5-1-11(2-6-14)12-3-7-17-15(9-12)16-10-13(19(22)23)4-8-18(16)21-17/h1-3,5-7,9,13,21H,4,8,10H2,(H,22,23). The minimum atomic E-state index is -0.723. The summed E-state index contributed by atoms with van der Waals surface area (Å²) in [5.74, 6) is -1.28. The fourth-order valence-corrected chi connectivity index (χ4v) is 3.45. The highest BCUT2D eigenvalue weighted by atomic mass is 19.1. The number of aryl methyl sites for hydroxylation is 1. The number of hydrogen-bond acceptors (Lipinski definition) is 1. The zero-order valence-corrected chi connectivity index (χ0v) is 12.5. The van der Waals surface area contributed by atoms with Crippen molar-refractivity contribution in [1.29, 1.82) is 0 Å². The van der Waals surface area contributed by atoms with Crippen molar-refractivity contribution in [3.63, 3.8) is 0 Å². The van der Waals surface area contributed by atoms with E-state index >= 15 is 0 Å². The van der Waals surface area contributed by atoms with Crippen LogP contribution in [0.25, 0.3) is 22.0 Å². The maximum Gasteiger partial charge on any atom is 0.306 e. The molecule has 4 rings (SSSR count). The largest absolute Gasteiger partial charge is 0.481 e. The number of carbonyl (C=O) groups is 1. The Bertz CT molecular complexity index is 896. The van der Waals surface area contributed by atoms with Crippen LogP contribution in [0.3, 0.4) is 0 Å². The van der Waals surface area contributed by atoms with Crippen LogP contribution in [-0.2, 0) is 17.6 Å². The topological polar surface area (TPSA) is 53.1 Å². The lowest BCUT2D eigenvalue weighted by Crippen LogP contribution is -2.21. The van der Waals surface area contributed by atoms with Crippen molar-refractivity contribution in [2.24, 2.45) is 5.92 Å². The van der Waals surface area contributed by atoms with Gasteiger partial charge in [-0.3, -0.25) is 4.79 Å². The number of aromatic amines is 1. The second-order valence-corrected chi connectivity index (χ2v) is 6.13. The first kappa shape index (κ1) is 14.0. The second kappa shape index (κ2) is 5.23. The molecule has 3 nitrogen and oxygen atoms in total. The van der Waals surface area contributed by atoms with Crippen LogP contribution in [-0.4, -0.2) is 16.1 Å². The molecule has 1 heterocycles. The Kier molecular flexibility index (Phi) is 3.18. The molecule has 1 aliphatic carbocycles. The molecule has 0 aliphatic heterocycles. The molecule has 0 radical (unpaired) electrons. The lowest BCUT2D eigenvalue weighted by molar-refractivity contribution is -0.142. The molecule has 0 fully saturated rings. The molecule has 0 spiro atoms. The van der Waals surface area contributed by atoms with Crippen LogP contribution in [0.4, 0.5) is 4.39 Å². The summed E-state index contributed by atoms with van der Waals surface area (Å²) in [6.07, 6.45) is 2.02. The highest BCUT2D eigenvalue weighted by molar-refractivity contribution is 5.90. The number of benzene rings is 2. The van der Waals surface area contributed by atoms with E-state index < -0.39 is 5.97 Å². The van der Waals surface area contributed by atoms with Crippen molar-refractivity contribution < 1.29 is 14.3 Å². The molecular formula is C19H16FNO2. The Morgan fingerprint density at radius 2 is 1.87 bits per heavy atom. The zero-order chi connectivity index (χ0) is 16.0. The van der Waals surface area contributed by atoms with E-state index in [-0.39, 0.29) is 11.7 Å². The molecule has 116 valence electrons. The molecule has 0 saturated heterocycles. The third-order valence-corrected chi connectivity index (χ3v) is 4.71. The number of hydrogen-bond donors (Lipinski definition) is 2. The molecule has 3 aromatic rings. The van der Waals surface area contributed by atoms with E-state index in [4.69, 9.17) is 0 Å². The normalized spacial score (nSPS) is 17.2. The van der Waals surface area contributed by atoms with E-state index in [1.54, 1.807) is 12.1 Å². The number of halogens is 1. The highest BCUT2D eigenvalue weighted by Crippen LogP contribution is 2.34. The molecule has 1 unspecified atom stereocenters. The Balaban J connectivity index is 1.81. The van der Waals surface area contributed by atoms with Gasteiger partial charge in [0.15, 0.2) is 0 Å². The maximum absolute atomic E-state index is 13.1. The van der Waals surface area contributed by atoms with Gasteiger partial charge in [-0.15, -0.1) is 0 Å². The summed E-state index contributed by atoms with van der Waals surface area (Å²) < 4.78 is 13.1. The average molecular weight is 309 g/mol. The molecule has 2 N–H and O–H groups in total. The van der Waals surface area contributed by atoms with E-state index in [9.17, 15) is 14.3 Å². The number of carboxylic acids is 1. The quantitative estimate of drug-likeness (QED) is 0.746. The van der Waals surface area contributed by atoms with Crippen molar-refractivity contribution >= 4 is 16.9 Å². The predicted molar refractivity (Wildman–Crippen MR) is 86.8 cm³/mol. The third-order valence-electron chi connectivity index (χ3n) is 4.71. The Hall–Kier alpha value is -2.62. The van der Waals surface area contributed by atoms with Gasteiger partial charge in [0.05, 0.1) is 5.92 Å². The summed E-state index contributed by atoms with van der Waals surface area (Å²) in [5.41, 5.74) is 5.26. The molecule has 1 aliphatic rings. The summed E-state index contributed by atoms with van der Waals surface area (Å²) in [5, 5.41) is 10.4. The van der Waals surface area contributed by atoms with Gasteiger partial charge in [0.2, 0.25) is 0 Å². The molecule has 0 saturated carbocycles. The first-order valence-corrected chi connectivity index (χ1v) is 7.74. The van der Waals surface area contributed by atoms with Crippen LogP contribution < -0.4 is 0 Å². The fourth-order valence-electron chi connectivity index (χ4n) is 3.45. The number of aliphatic carboxylic acids is 1. The number of carboxylic acid groups (broad SMARTS) is 1. The minimum Gasteiger partial charge on any atom is -0.481 e. The van der Waals surface area contributed by atoms with Crippen molar-refractivity contribution in [2.45, 2.75) is 19.3 Å². The van der Waals surface area contributed by atoms with E-state index in [2.05, 4.69) is 11.1 Å². The summed E-state index contributed by atoms with van der Waals surface area (Å²) in [6.45, 7) is 0. The van der Waals surface area contributed by atoms with E-state index in [1.807, 2.05) is 12.1 Å². The van der Waals surface area contributed by atoms with Gasteiger partial charge in [-0.25, -0.2) is 4.39 Å². The molecule has 23 heavy (non-hydrogen) atoms. The van der Waals surface area contributed by atoms with Gasteiger partial charge in [0.25, 0.3) is 0 Å². The number of nitrogens with one attached hydrogen (secondary N) is 1. The van der Waals surface area contributed by atoms with Crippen molar-refractivity contribution in [3.05, 3.63) is 59.5 Å². The Morgan fingerprint density at radius 1 is 1.13 bits per heavy atom. The summed E-state index contributed by atoms with van der Waals surface area (Å²) >= 11 is 0. The molecule has 4 heteroatoms. The number of H-pyrrole nitrogens is 1. The fraction of sp³-hybridized carbons (Fsp3) is 0.211. The van der Waals surface area contributed by atoms with Crippen LogP contribution in [0.1, 0.15) is 17.7 Å². The Labute approximate surface area is 132 Å². The summed E-state index contributed by atoms with van der Waals surface area (Å²) in [7, 11) is 0. The molecule has 2 aromatic carbocycles. The van der Waals surface area contributed by atoms with Crippen LogP contribution >= 0.6 is 0 Å². The van der Waals surface area contributed by atoms with E-state index in [1.165, 1.54) is 12.1 Å². The number of aromatic nitrogens is 1. The molecule has 0 amide bonds. The van der Waals surface area contributed by atoms with Crippen molar-refractivity contribution in [3.8, 4) is 11.1 Å². The van der Waals surface area contributed by atoms with Gasteiger partial charge in [0.1, 0.15) is 5.82 Å². The lowest BCUT2D eigenvalue weighted by Gasteiger charge is -2.18. The zero-order valence-electron chi connectivity index (χ0n) is 12.5. The van der Waals surface area contributed by atoms with Crippen molar-refractivity contribution in [2.75, 3.05) is 0 Å². The van der Waals surface area contributed by atoms with Crippen molar-refractivity contribution in [1.82, 2.24) is 4.98 Å². The minimum absolute atomic E-state index is 0.252. The van der Waals surface area contributed by atoms with Gasteiger partial charge >= 0.3 is 5.97 Å². The van der Waals surface area contributed by atoms with Crippen LogP contribution in [0.2, 0.25) is 0 Å². The lowest BCUT2D eigenvalue weighted by atomic mass is 9.86. The molecule has 1 aromatic heterocycles. The van der Waals surface area contributed by atoms with Gasteiger partial charge < -0.3 is 10.1 Å². The van der Waals surface area contributed by atoms with Crippen LogP contribution in [0, 0.1) is 11.7 Å². The first-order valence-electron chi connectivity index (χ1n) is 7.74. The molecule has 1 atom stereocenters. The smallest absolute Gasteiger partial charge is 0.306 e. The number of fused-ring (bicyclic) bond motifs is 3. The highest BCUT2D eigenvalue weighted by Gasteiger charge is 2.27. The average Bonchev–Trinajstić information content (AvgIpc) is 2.92. The number of rotatable bonds is 2. The first-order chi connectivity index (χ1) is 11.1. The third kappa shape index (κ3) is 2.40. The van der Waals surface area contributed by atoms with E-state index in [0.717, 1.165) is 39.7 Å². The van der Waals surface area contributed by atoms with E-state index in [0.29, 0.717) is 12.8 Å². The Morgan fingerprint density at radius 3 is 2.61 bits per heavy atom. The van der Waals surface area contributed by atoms with Crippen LogP contribution in [0.15, 0.2) is 42.5 Å². The van der Waals surface area contributed by atoms with Gasteiger partial charge in [0, 0.05) is 16.6 Å². The summed E-state index contributed by atoms with van der Waals surface area (Å²) in [4.78, 5) is 14.7. The van der Waals surface area contributed by atoms with Crippen LogP contribution in [0.5, 0.6) is 0 Å². The predicted octanol–water partition coefficient (Wildman–Crippen LogP) is 4.16. The monoisotopic (exact) mass is 309 g/mol. The molecule has 0 bridgehead atoms. The van der Waals surface area contributed by atoms with Gasteiger partial charge in [-0.1, -0.05) is 18.2 Å². The second-order valence-electron chi connectivity index (χ2n) is 6.13.